The summed E-state index contributed by atoms with van der Waals surface area (Å²) in [6, 6.07) is 3.58. The Hall–Kier alpha value is -1.34. The number of rotatable bonds is 8. The smallest absolute Gasteiger partial charge is 0.251 e. The zero-order chi connectivity index (χ0) is 16.7. The van der Waals surface area contributed by atoms with Gasteiger partial charge in [0.1, 0.15) is 0 Å². The molecule has 1 aliphatic rings. The molecule has 128 valence electrons. The number of ketones is 1. The molecule has 1 fully saturated rings. The van der Waals surface area contributed by atoms with Gasteiger partial charge in [0, 0.05) is 19.4 Å². The second-order valence-corrected chi connectivity index (χ2v) is 6.79. The van der Waals surface area contributed by atoms with E-state index in [9.17, 15) is 18.4 Å². The van der Waals surface area contributed by atoms with Crippen molar-refractivity contribution in [2.24, 2.45) is 5.92 Å². The van der Waals surface area contributed by atoms with Crippen molar-refractivity contribution in [3.05, 3.63) is 22.4 Å². The lowest BCUT2D eigenvalue weighted by Gasteiger charge is -2.31. The number of hydrogen-bond acceptors (Lipinski definition) is 4. The van der Waals surface area contributed by atoms with Crippen molar-refractivity contribution in [3.8, 4) is 0 Å². The number of alkyl halides is 2. The van der Waals surface area contributed by atoms with Crippen LogP contribution in [-0.2, 0) is 4.79 Å². The van der Waals surface area contributed by atoms with Crippen LogP contribution >= 0.6 is 11.3 Å². The molecule has 0 atom stereocenters. The molecular weight excluding hydrogens is 322 g/mol. The summed E-state index contributed by atoms with van der Waals surface area (Å²) < 4.78 is 24.6. The van der Waals surface area contributed by atoms with E-state index in [1.165, 1.54) is 11.3 Å². The molecule has 0 aliphatic carbocycles. The zero-order valence-electron chi connectivity index (χ0n) is 13.0. The molecule has 23 heavy (non-hydrogen) atoms. The number of likely N-dealkylation sites (tertiary alicyclic amines) is 1. The van der Waals surface area contributed by atoms with E-state index < -0.39 is 6.43 Å². The quantitative estimate of drug-likeness (QED) is 0.738. The Labute approximate surface area is 138 Å². The number of piperidine rings is 1. The predicted octanol–water partition coefficient (Wildman–Crippen LogP) is 2.80. The van der Waals surface area contributed by atoms with Gasteiger partial charge in [-0.1, -0.05) is 6.07 Å². The summed E-state index contributed by atoms with van der Waals surface area (Å²) in [5.74, 6) is 0.209. The van der Waals surface area contributed by atoms with Gasteiger partial charge in [-0.15, -0.1) is 11.3 Å². The molecule has 1 amide bonds. The first-order chi connectivity index (χ1) is 11.0. The third-order valence-electron chi connectivity index (χ3n) is 4.07. The van der Waals surface area contributed by atoms with Gasteiger partial charge in [0.15, 0.2) is 5.78 Å². The lowest BCUT2D eigenvalue weighted by Crippen LogP contribution is -2.40. The van der Waals surface area contributed by atoms with E-state index in [0.29, 0.717) is 30.4 Å². The minimum absolute atomic E-state index is 0.00421. The van der Waals surface area contributed by atoms with Crippen LogP contribution in [0.2, 0.25) is 0 Å². The fourth-order valence-corrected chi connectivity index (χ4v) is 3.40. The van der Waals surface area contributed by atoms with Gasteiger partial charge in [0.2, 0.25) is 5.91 Å². The molecule has 1 N–H and O–H groups in total. The Kier molecular flexibility index (Phi) is 7.11. The molecule has 0 bridgehead atoms. The maximum atomic E-state index is 12.3. The van der Waals surface area contributed by atoms with Gasteiger partial charge in [0.05, 0.1) is 11.4 Å². The Morgan fingerprint density at radius 3 is 2.65 bits per heavy atom. The molecule has 1 aromatic rings. The van der Waals surface area contributed by atoms with Gasteiger partial charge in [-0.2, -0.15) is 0 Å². The van der Waals surface area contributed by atoms with Crippen molar-refractivity contribution in [2.45, 2.75) is 32.1 Å². The van der Waals surface area contributed by atoms with E-state index in [4.69, 9.17) is 0 Å². The van der Waals surface area contributed by atoms with Crippen LogP contribution in [0.25, 0.3) is 0 Å². The molecule has 4 nitrogen and oxygen atoms in total. The van der Waals surface area contributed by atoms with Crippen molar-refractivity contribution in [1.29, 1.82) is 0 Å². The Morgan fingerprint density at radius 2 is 2.04 bits per heavy atom. The molecule has 0 saturated carbocycles. The van der Waals surface area contributed by atoms with Crippen LogP contribution < -0.4 is 5.32 Å². The van der Waals surface area contributed by atoms with Gasteiger partial charge in [-0.25, -0.2) is 8.78 Å². The molecule has 1 aliphatic heterocycles. The highest BCUT2D eigenvalue weighted by Gasteiger charge is 2.21. The number of Topliss-reactive ketones (excluding diaryl/α,β-unsaturated/α-hetero) is 1. The highest BCUT2D eigenvalue weighted by atomic mass is 32.1. The van der Waals surface area contributed by atoms with Crippen LogP contribution in [0.5, 0.6) is 0 Å². The number of halogens is 2. The first-order valence-corrected chi connectivity index (χ1v) is 8.76. The lowest BCUT2D eigenvalue weighted by atomic mass is 9.96. The number of amides is 1. The maximum Gasteiger partial charge on any atom is 0.251 e. The standard InChI is InChI=1S/C16H22F2N2O2S/c17-15(18)11-20-7-5-12(6-8-20)10-19-16(22)4-3-13(21)14-2-1-9-23-14/h1-2,9,12,15H,3-8,10-11H2,(H,19,22). The topological polar surface area (TPSA) is 49.4 Å². The van der Waals surface area contributed by atoms with Gasteiger partial charge in [-0.3, -0.25) is 14.5 Å². The highest BCUT2D eigenvalue weighted by molar-refractivity contribution is 7.12. The third-order valence-corrected chi connectivity index (χ3v) is 4.98. The summed E-state index contributed by atoms with van der Waals surface area (Å²) in [5.41, 5.74) is 0. The summed E-state index contributed by atoms with van der Waals surface area (Å²) in [6.45, 7) is 1.71. The van der Waals surface area contributed by atoms with Crippen molar-refractivity contribution in [3.63, 3.8) is 0 Å². The van der Waals surface area contributed by atoms with E-state index in [-0.39, 0.29) is 31.1 Å². The first-order valence-electron chi connectivity index (χ1n) is 7.88. The summed E-state index contributed by atoms with van der Waals surface area (Å²) in [4.78, 5) is 26.1. The van der Waals surface area contributed by atoms with Crippen LogP contribution in [0.4, 0.5) is 8.78 Å². The SMILES string of the molecule is O=C(CCC(=O)c1cccs1)NCC1CCN(CC(F)F)CC1. The number of carbonyl (C=O) groups excluding carboxylic acids is 2. The number of thiophene rings is 1. The number of nitrogens with zero attached hydrogens (tertiary/aromatic N) is 1. The molecule has 2 heterocycles. The largest absolute Gasteiger partial charge is 0.356 e. The maximum absolute atomic E-state index is 12.3. The molecule has 1 aromatic heterocycles. The lowest BCUT2D eigenvalue weighted by molar-refractivity contribution is -0.121. The number of carbonyl (C=O) groups is 2. The summed E-state index contributed by atoms with van der Waals surface area (Å²) in [5, 5.41) is 4.70. The van der Waals surface area contributed by atoms with Crippen LogP contribution in [0.15, 0.2) is 17.5 Å². The van der Waals surface area contributed by atoms with Crippen molar-refractivity contribution < 1.29 is 18.4 Å². The van der Waals surface area contributed by atoms with Gasteiger partial charge >= 0.3 is 0 Å². The monoisotopic (exact) mass is 344 g/mol. The molecule has 0 spiro atoms. The van der Waals surface area contributed by atoms with Crippen molar-refractivity contribution in [1.82, 2.24) is 10.2 Å². The van der Waals surface area contributed by atoms with Crippen molar-refractivity contribution >= 4 is 23.0 Å². The summed E-state index contributed by atoms with van der Waals surface area (Å²) >= 11 is 1.38. The van der Waals surface area contributed by atoms with E-state index in [1.54, 1.807) is 11.0 Å². The van der Waals surface area contributed by atoms with Crippen LogP contribution in [-0.4, -0.2) is 49.2 Å². The number of nitrogens with one attached hydrogen (secondary N) is 1. The van der Waals surface area contributed by atoms with E-state index in [0.717, 1.165) is 12.8 Å². The van der Waals surface area contributed by atoms with E-state index >= 15 is 0 Å². The average molecular weight is 344 g/mol. The normalized spacial score (nSPS) is 16.7. The van der Waals surface area contributed by atoms with Gasteiger partial charge < -0.3 is 5.32 Å². The van der Waals surface area contributed by atoms with Crippen LogP contribution in [0.1, 0.15) is 35.4 Å². The van der Waals surface area contributed by atoms with Crippen molar-refractivity contribution in [2.75, 3.05) is 26.2 Å². The Bertz CT molecular complexity index is 500. The second kappa shape index (κ2) is 9.08. The highest BCUT2D eigenvalue weighted by Crippen LogP contribution is 2.17. The molecule has 7 heteroatoms. The molecule has 0 unspecified atom stereocenters. The summed E-state index contributed by atoms with van der Waals surface area (Å²) in [7, 11) is 0. The van der Waals surface area contributed by atoms with Gasteiger partial charge in [-0.05, 0) is 43.3 Å². The first kappa shape index (κ1) is 18.0. The van der Waals surface area contributed by atoms with E-state index in [1.807, 2.05) is 11.4 Å². The fourth-order valence-electron chi connectivity index (χ4n) is 2.70. The zero-order valence-corrected chi connectivity index (χ0v) is 13.8. The molecular formula is C16H22F2N2O2S. The average Bonchev–Trinajstić information content (AvgIpc) is 3.06. The predicted molar refractivity (Wildman–Crippen MR) is 86.1 cm³/mol. The molecule has 0 radical (unpaired) electrons. The molecule has 0 aromatic carbocycles. The summed E-state index contributed by atoms with van der Waals surface area (Å²) in [6.07, 6.45) is -0.227. The van der Waals surface area contributed by atoms with Gasteiger partial charge in [0.25, 0.3) is 6.43 Å². The Balaban J connectivity index is 1.59. The fraction of sp³-hybridized carbons (Fsp3) is 0.625. The minimum Gasteiger partial charge on any atom is -0.356 e. The van der Waals surface area contributed by atoms with Crippen LogP contribution in [0, 0.1) is 5.92 Å². The second-order valence-electron chi connectivity index (χ2n) is 5.84. The number of hydrogen-bond donors (Lipinski definition) is 1. The molecule has 2 rings (SSSR count). The van der Waals surface area contributed by atoms with Crippen LogP contribution in [0.3, 0.4) is 0 Å². The Morgan fingerprint density at radius 1 is 1.30 bits per heavy atom. The third kappa shape index (κ3) is 6.35. The minimum atomic E-state index is -2.29. The molecule has 1 saturated heterocycles. The van der Waals surface area contributed by atoms with E-state index in [2.05, 4.69) is 5.32 Å².